The lowest BCUT2D eigenvalue weighted by Gasteiger charge is -2.25. The van der Waals surface area contributed by atoms with E-state index in [4.69, 9.17) is 4.74 Å². The molecule has 3 aromatic rings. The quantitative estimate of drug-likeness (QED) is 0.352. The molecular weight excluding hydrogens is 414 g/mol. The Labute approximate surface area is 183 Å². The first kappa shape index (κ1) is 20.7. The summed E-state index contributed by atoms with van der Waals surface area (Å²) in [7, 11) is 1.48. The number of rotatable bonds is 4. The smallest absolute Gasteiger partial charge is 0.300 e. The molecule has 1 aromatic heterocycles. The molecule has 1 aliphatic heterocycles. The molecule has 2 aromatic carbocycles. The topological polar surface area (TPSA) is 87.1 Å². The molecule has 4 rings (SSSR count). The van der Waals surface area contributed by atoms with Crippen molar-refractivity contribution in [3.63, 3.8) is 0 Å². The molecule has 0 aliphatic carbocycles. The molecule has 1 aliphatic rings. The molecule has 7 heteroatoms. The highest BCUT2D eigenvalue weighted by atomic mass is 32.1. The van der Waals surface area contributed by atoms with Crippen LogP contribution in [0, 0.1) is 13.8 Å². The van der Waals surface area contributed by atoms with Gasteiger partial charge in [0.1, 0.15) is 23.3 Å². The molecule has 1 amide bonds. The van der Waals surface area contributed by atoms with Crippen molar-refractivity contribution in [2.45, 2.75) is 19.9 Å². The molecule has 2 heterocycles. The van der Waals surface area contributed by atoms with Crippen molar-refractivity contribution >= 4 is 34.5 Å². The number of aromatic hydroxyl groups is 1. The van der Waals surface area contributed by atoms with E-state index < -0.39 is 17.7 Å². The van der Waals surface area contributed by atoms with Crippen molar-refractivity contribution in [3.05, 3.63) is 81.1 Å². The molecule has 1 atom stereocenters. The van der Waals surface area contributed by atoms with Gasteiger partial charge in [-0.2, -0.15) is 0 Å². The van der Waals surface area contributed by atoms with Gasteiger partial charge in [0.05, 0.1) is 23.9 Å². The molecule has 2 N–H and O–H groups in total. The largest absolute Gasteiger partial charge is 0.507 e. The van der Waals surface area contributed by atoms with Crippen LogP contribution in [0.5, 0.6) is 11.5 Å². The van der Waals surface area contributed by atoms with Gasteiger partial charge in [0.2, 0.25) is 0 Å². The van der Waals surface area contributed by atoms with Gasteiger partial charge in [-0.25, -0.2) is 0 Å². The number of aryl methyl sites for hydroxylation is 2. The molecule has 0 saturated carbocycles. The zero-order valence-corrected chi connectivity index (χ0v) is 18.1. The first-order valence-electron chi connectivity index (χ1n) is 9.63. The van der Waals surface area contributed by atoms with Gasteiger partial charge < -0.3 is 14.9 Å². The number of amides is 1. The fraction of sp³-hybridized carbons (Fsp3) is 0.167. The summed E-state index contributed by atoms with van der Waals surface area (Å²) in [5.41, 5.74) is 2.23. The van der Waals surface area contributed by atoms with Crippen LogP contribution < -0.4 is 9.64 Å². The average Bonchev–Trinajstić information content (AvgIpc) is 3.28. The average molecular weight is 436 g/mol. The number of phenols is 1. The van der Waals surface area contributed by atoms with Crippen LogP contribution in [0.2, 0.25) is 0 Å². The zero-order valence-electron chi connectivity index (χ0n) is 17.2. The predicted molar refractivity (Wildman–Crippen MR) is 120 cm³/mol. The molecule has 1 fully saturated rings. The maximum atomic E-state index is 13.2. The zero-order chi connectivity index (χ0) is 22.3. The third-order valence-electron chi connectivity index (χ3n) is 5.35. The number of para-hydroxylation sites is 2. The Hall–Kier alpha value is -3.58. The number of aliphatic hydroxyl groups is 1. The number of Topliss-reactive ketones (excluding diaryl/α,β-unsaturated/α-hetero) is 1. The van der Waals surface area contributed by atoms with Crippen LogP contribution >= 0.6 is 11.3 Å². The molecule has 158 valence electrons. The van der Waals surface area contributed by atoms with E-state index in [1.54, 1.807) is 30.3 Å². The Balaban J connectivity index is 2.01. The predicted octanol–water partition coefficient (Wildman–Crippen LogP) is 4.71. The Morgan fingerprint density at radius 2 is 1.84 bits per heavy atom. The summed E-state index contributed by atoms with van der Waals surface area (Å²) in [6.07, 6.45) is 0. The standard InChI is InChI=1S/C24H21NO5S/c1-13-8-9-18(30-3)15(12-13)21(27)19-20(23-14(2)10-11-31-23)25(24(29)22(19)28)16-6-4-5-7-17(16)26/h4-12,20,26-27H,1-3H3/b21-19+. The van der Waals surface area contributed by atoms with Crippen molar-refractivity contribution in [3.8, 4) is 11.5 Å². The monoisotopic (exact) mass is 435 g/mol. The van der Waals surface area contributed by atoms with Crippen LogP contribution in [0.25, 0.3) is 5.76 Å². The van der Waals surface area contributed by atoms with Crippen LogP contribution in [0.15, 0.2) is 59.5 Å². The summed E-state index contributed by atoms with van der Waals surface area (Å²) in [6.45, 7) is 3.74. The van der Waals surface area contributed by atoms with Gasteiger partial charge in [0.15, 0.2) is 0 Å². The Morgan fingerprint density at radius 3 is 2.48 bits per heavy atom. The fourth-order valence-electron chi connectivity index (χ4n) is 3.81. The van der Waals surface area contributed by atoms with Gasteiger partial charge >= 0.3 is 0 Å². The number of hydrogen-bond donors (Lipinski definition) is 2. The second-order valence-electron chi connectivity index (χ2n) is 7.33. The number of methoxy groups -OCH3 is 1. The highest BCUT2D eigenvalue weighted by molar-refractivity contribution is 7.10. The van der Waals surface area contributed by atoms with E-state index in [2.05, 4.69) is 0 Å². The van der Waals surface area contributed by atoms with Gasteiger partial charge in [0.25, 0.3) is 11.7 Å². The van der Waals surface area contributed by atoms with Gasteiger partial charge in [-0.1, -0.05) is 23.8 Å². The minimum atomic E-state index is -0.876. The van der Waals surface area contributed by atoms with E-state index in [0.29, 0.717) is 11.3 Å². The summed E-state index contributed by atoms with van der Waals surface area (Å²) in [4.78, 5) is 28.3. The molecule has 31 heavy (non-hydrogen) atoms. The number of phenolic OH excluding ortho intramolecular Hbond substituents is 1. The van der Waals surface area contributed by atoms with Crippen LogP contribution in [0.3, 0.4) is 0 Å². The first-order chi connectivity index (χ1) is 14.8. The number of aliphatic hydroxyl groups excluding tert-OH is 1. The highest BCUT2D eigenvalue weighted by Crippen LogP contribution is 2.47. The van der Waals surface area contributed by atoms with Gasteiger partial charge in [-0.3, -0.25) is 14.5 Å². The lowest BCUT2D eigenvalue weighted by molar-refractivity contribution is -0.132. The van der Waals surface area contributed by atoms with E-state index in [-0.39, 0.29) is 22.8 Å². The number of nitrogens with zero attached hydrogens (tertiary/aromatic N) is 1. The minimum absolute atomic E-state index is 0.0392. The molecular formula is C24H21NO5S. The maximum absolute atomic E-state index is 13.2. The number of carbonyl (C=O) groups is 2. The summed E-state index contributed by atoms with van der Waals surface area (Å²) >= 11 is 1.38. The Morgan fingerprint density at radius 1 is 1.10 bits per heavy atom. The molecule has 0 bridgehead atoms. The first-order valence-corrected chi connectivity index (χ1v) is 10.5. The lowest BCUT2D eigenvalue weighted by Crippen LogP contribution is -2.29. The third-order valence-corrected chi connectivity index (χ3v) is 6.42. The number of hydrogen-bond acceptors (Lipinski definition) is 6. The molecule has 1 unspecified atom stereocenters. The number of thiophene rings is 1. The Kier molecular flexibility index (Phi) is 5.29. The van der Waals surface area contributed by atoms with Crippen LogP contribution in [0.4, 0.5) is 5.69 Å². The van der Waals surface area contributed by atoms with Gasteiger partial charge in [-0.05, 0) is 55.1 Å². The summed E-state index contributed by atoms with van der Waals surface area (Å²) in [5, 5.41) is 23.6. The molecule has 0 spiro atoms. The maximum Gasteiger partial charge on any atom is 0.300 e. The fourth-order valence-corrected chi connectivity index (χ4v) is 4.84. The van der Waals surface area contributed by atoms with Gasteiger partial charge in [0, 0.05) is 4.88 Å². The number of benzene rings is 2. The highest BCUT2D eigenvalue weighted by Gasteiger charge is 2.48. The minimum Gasteiger partial charge on any atom is -0.507 e. The second kappa shape index (κ2) is 7.92. The van der Waals surface area contributed by atoms with Crippen LogP contribution in [0.1, 0.15) is 27.6 Å². The normalized spacial score (nSPS) is 17.9. The van der Waals surface area contributed by atoms with E-state index in [1.807, 2.05) is 31.4 Å². The van der Waals surface area contributed by atoms with E-state index in [0.717, 1.165) is 16.0 Å². The van der Waals surface area contributed by atoms with Crippen molar-refractivity contribution < 1.29 is 24.5 Å². The van der Waals surface area contributed by atoms with E-state index >= 15 is 0 Å². The number of ether oxygens (including phenoxy) is 1. The summed E-state index contributed by atoms with van der Waals surface area (Å²) in [6, 6.07) is 12.6. The number of anilines is 1. The SMILES string of the molecule is COc1ccc(C)cc1/C(O)=C1\C(=O)C(=O)N(c2ccccc2O)C1c1sccc1C. The van der Waals surface area contributed by atoms with E-state index in [9.17, 15) is 19.8 Å². The molecule has 1 saturated heterocycles. The van der Waals surface area contributed by atoms with Crippen LogP contribution in [-0.2, 0) is 9.59 Å². The third kappa shape index (κ3) is 3.37. The van der Waals surface area contributed by atoms with Crippen molar-refractivity contribution in [2.75, 3.05) is 12.0 Å². The van der Waals surface area contributed by atoms with Crippen molar-refractivity contribution in [2.24, 2.45) is 0 Å². The second-order valence-corrected chi connectivity index (χ2v) is 8.28. The molecule has 0 radical (unpaired) electrons. The van der Waals surface area contributed by atoms with Crippen LogP contribution in [-0.4, -0.2) is 29.0 Å². The summed E-state index contributed by atoms with van der Waals surface area (Å²) < 4.78 is 5.38. The molecule has 6 nitrogen and oxygen atoms in total. The number of carbonyl (C=O) groups excluding carboxylic acids is 2. The lowest BCUT2D eigenvalue weighted by atomic mass is 9.97. The van der Waals surface area contributed by atoms with Crippen molar-refractivity contribution in [1.29, 1.82) is 0 Å². The number of ketones is 1. The Bertz CT molecular complexity index is 1230. The van der Waals surface area contributed by atoms with Crippen molar-refractivity contribution in [1.82, 2.24) is 0 Å². The van der Waals surface area contributed by atoms with Gasteiger partial charge in [-0.15, -0.1) is 11.3 Å². The summed E-state index contributed by atoms with van der Waals surface area (Å²) in [5.74, 6) is -1.68. The van der Waals surface area contributed by atoms with E-state index in [1.165, 1.54) is 29.4 Å².